The van der Waals surface area contributed by atoms with Crippen molar-refractivity contribution in [1.29, 1.82) is 5.26 Å². The van der Waals surface area contributed by atoms with Crippen molar-refractivity contribution in [3.8, 4) is 6.07 Å². The molecule has 0 fully saturated rings. The Morgan fingerprint density at radius 1 is 1.15 bits per heavy atom. The summed E-state index contributed by atoms with van der Waals surface area (Å²) < 4.78 is 0. The molecule has 0 saturated heterocycles. The number of nitriles is 1. The molecule has 0 aliphatic heterocycles. The van der Waals surface area contributed by atoms with E-state index in [0.29, 0.717) is 21.6 Å². The molecule has 0 radical (unpaired) electrons. The van der Waals surface area contributed by atoms with Gasteiger partial charge >= 0.3 is 0 Å². The van der Waals surface area contributed by atoms with E-state index in [-0.39, 0.29) is 0 Å². The second-order valence-corrected chi connectivity index (χ2v) is 2.90. The molecule has 0 N–H and O–H groups in total. The Labute approximate surface area is 79.6 Å². The van der Waals surface area contributed by atoms with Crippen LogP contribution in [0.5, 0.6) is 0 Å². The van der Waals surface area contributed by atoms with Crippen LogP contribution < -0.4 is 0 Å². The zero-order valence-electron chi connectivity index (χ0n) is 6.53. The number of halogens is 1. The largest absolute Gasteiger partial charge is 0.253 e. The number of hydrogen-bond acceptors (Lipinski definition) is 3. The highest BCUT2D eigenvalue weighted by Gasteiger charge is 2.02. The number of benzene rings is 1. The van der Waals surface area contributed by atoms with Crippen molar-refractivity contribution in [2.24, 2.45) is 0 Å². The summed E-state index contributed by atoms with van der Waals surface area (Å²) in [5.41, 5.74) is 1.81. The van der Waals surface area contributed by atoms with E-state index in [1.165, 1.54) is 0 Å². The van der Waals surface area contributed by atoms with Gasteiger partial charge < -0.3 is 0 Å². The van der Waals surface area contributed by atoms with Crippen LogP contribution in [-0.2, 0) is 0 Å². The summed E-state index contributed by atoms with van der Waals surface area (Å²) >= 11 is 5.81. The topological polar surface area (TPSA) is 49.6 Å². The van der Waals surface area contributed by atoms with Gasteiger partial charge in [0.15, 0.2) is 0 Å². The minimum absolute atomic E-state index is 0.413. The summed E-state index contributed by atoms with van der Waals surface area (Å²) in [6, 6.07) is 5.26. The van der Waals surface area contributed by atoms with Gasteiger partial charge in [0.1, 0.15) is 6.07 Å². The molecule has 1 aromatic carbocycles. The number of hydrogen-bond donors (Lipinski definition) is 0. The Morgan fingerprint density at radius 2 is 1.77 bits per heavy atom. The lowest BCUT2D eigenvalue weighted by Gasteiger charge is -1.97. The third-order valence-corrected chi connectivity index (χ3v) is 1.99. The molecule has 0 atom stereocenters. The van der Waals surface area contributed by atoms with Crippen molar-refractivity contribution >= 4 is 22.6 Å². The van der Waals surface area contributed by atoms with Crippen LogP contribution in [0.2, 0.25) is 5.02 Å². The molecule has 62 valence electrons. The minimum Gasteiger partial charge on any atom is -0.253 e. The molecule has 1 heterocycles. The Kier molecular flexibility index (Phi) is 1.84. The summed E-state index contributed by atoms with van der Waals surface area (Å²) in [6.07, 6.45) is 3.17. The van der Waals surface area contributed by atoms with Crippen molar-refractivity contribution in [3.05, 3.63) is 35.1 Å². The lowest BCUT2D eigenvalue weighted by Crippen LogP contribution is -1.84. The first-order chi connectivity index (χ1) is 6.31. The summed E-state index contributed by atoms with van der Waals surface area (Å²) in [4.78, 5) is 8.12. The van der Waals surface area contributed by atoms with Gasteiger partial charge in [-0.05, 0) is 12.1 Å². The first-order valence-corrected chi connectivity index (χ1v) is 3.99. The van der Waals surface area contributed by atoms with Gasteiger partial charge in [0.2, 0.25) is 0 Å². The Morgan fingerprint density at radius 3 is 2.38 bits per heavy atom. The monoisotopic (exact) mass is 189 g/mol. The minimum atomic E-state index is 0.413. The third kappa shape index (κ3) is 1.32. The van der Waals surface area contributed by atoms with Gasteiger partial charge in [-0.3, -0.25) is 9.97 Å². The second-order valence-electron chi connectivity index (χ2n) is 2.49. The van der Waals surface area contributed by atoms with Crippen LogP contribution >= 0.6 is 11.6 Å². The highest BCUT2D eigenvalue weighted by atomic mass is 35.5. The van der Waals surface area contributed by atoms with Gasteiger partial charge in [-0.15, -0.1) is 0 Å². The summed E-state index contributed by atoms with van der Waals surface area (Å²) in [7, 11) is 0. The number of nitrogens with zero attached hydrogens (tertiary/aromatic N) is 3. The molecule has 0 spiro atoms. The van der Waals surface area contributed by atoms with Gasteiger partial charge in [-0.25, -0.2) is 0 Å². The smallest absolute Gasteiger partial charge is 0.101 e. The molecule has 0 amide bonds. The Hall–Kier alpha value is -1.66. The normalized spacial score (nSPS) is 9.85. The zero-order chi connectivity index (χ0) is 9.26. The first kappa shape index (κ1) is 7.96. The van der Waals surface area contributed by atoms with Crippen LogP contribution in [0.25, 0.3) is 11.0 Å². The Balaban J connectivity index is 2.83. The highest BCUT2D eigenvalue weighted by molar-refractivity contribution is 6.32. The standard InChI is InChI=1S/C9H4ClN3/c10-7-4-9-8(3-6(7)5-11)12-1-2-13-9/h1-4H. The Bertz CT molecular complexity index is 502. The molecule has 2 aromatic rings. The highest BCUT2D eigenvalue weighted by Crippen LogP contribution is 2.20. The first-order valence-electron chi connectivity index (χ1n) is 3.61. The van der Waals surface area contributed by atoms with Crippen molar-refractivity contribution in [3.63, 3.8) is 0 Å². The van der Waals surface area contributed by atoms with Gasteiger partial charge in [0.05, 0.1) is 21.6 Å². The summed E-state index contributed by atoms with van der Waals surface area (Å²) in [5.74, 6) is 0. The van der Waals surface area contributed by atoms with Crippen LogP contribution in [0.15, 0.2) is 24.5 Å². The predicted octanol–water partition coefficient (Wildman–Crippen LogP) is 2.15. The average molecular weight is 190 g/mol. The molecule has 4 heteroatoms. The molecule has 2 rings (SSSR count). The molecular formula is C9H4ClN3. The molecule has 0 aliphatic carbocycles. The molecule has 0 unspecified atom stereocenters. The van der Waals surface area contributed by atoms with E-state index < -0.39 is 0 Å². The summed E-state index contributed by atoms with van der Waals surface area (Å²) in [6.45, 7) is 0. The molecule has 1 aromatic heterocycles. The van der Waals surface area contributed by atoms with Crippen LogP contribution in [0.3, 0.4) is 0 Å². The summed E-state index contributed by atoms with van der Waals surface area (Å²) in [5, 5.41) is 9.11. The van der Waals surface area contributed by atoms with Gasteiger partial charge in [0.25, 0.3) is 0 Å². The second kappa shape index (κ2) is 3.00. The van der Waals surface area contributed by atoms with E-state index >= 15 is 0 Å². The number of fused-ring (bicyclic) bond motifs is 1. The molecule has 13 heavy (non-hydrogen) atoms. The van der Waals surface area contributed by atoms with Crippen LogP contribution in [-0.4, -0.2) is 9.97 Å². The van der Waals surface area contributed by atoms with Gasteiger partial charge in [0, 0.05) is 12.4 Å². The van der Waals surface area contributed by atoms with Crippen molar-refractivity contribution in [2.75, 3.05) is 0 Å². The van der Waals surface area contributed by atoms with Crippen molar-refractivity contribution in [1.82, 2.24) is 9.97 Å². The van der Waals surface area contributed by atoms with E-state index in [0.717, 1.165) is 0 Å². The lowest BCUT2D eigenvalue weighted by molar-refractivity contribution is 1.29. The molecule has 0 saturated carbocycles. The van der Waals surface area contributed by atoms with Crippen molar-refractivity contribution in [2.45, 2.75) is 0 Å². The molecule has 0 aliphatic rings. The van der Waals surface area contributed by atoms with Crippen LogP contribution in [0.1, 0.15) is 5.56 Å². The van der Waals surface area contributed by atoms with Crippen LogP contribution in [0.4, 0.5) is 0 Å². The fourth-order valence-corrected chi connectivity index (χ4v) is 1.27. The van der Waals surface area contributed by atoms with E-state index in [2.05, 4.69) is 9.97 Å². The molecular weight excluding hydrogens is 186 g/mol. The SMILES string of the molecule is N#Cc1cc2nccnc2cc1Cl. The maximum Gasteiger partial charge on any atom is 0.101 e. The molecule has 0 bridgehead atoms. The number of rotatable bonds is 0. The maximum absolute atomic E-state index is 8.70. The zero-order valence-corrected chi connectivity index (χ0v) is 7.28. The van der Waals surface area contributed by atoms with E-state index in [1.54, 1.807) is 24.5 Å². The van der Waals surface area contributed by atoms with Gasteiger partial charge in [-0.1, -0.05) is 11.6 Å². The lowest BCUT2D eigenvalue weighted by atomic mass is 10.2. The predicted molar refractivity (Wildman–Crippen MR) is 49.3 cm³/mol. The van der Waals surface area contributed by atoms with Crippen molar-refractivity contribution < 1.29 is 0 Å². The van der Waals surface area contributed by atoms with Crippen LogP contribution in [0, 0.1) is 11.3 Å². The maximum atomic E-state index is 8.70. The molecule has 3 nitrogen and oxygen atoms in total. The van der Waals surface area contributed by atoms with E-state index in [1.807, 2.05) is 6.07 Å². The quantitative estimate of drug-likeness (QED) is 0.638. The van der Waals surface area contributed by atoms with E-state index in [4.69, 9.17) is 16.9 Å². The number of aromatic nitrogens is 2. The third-order valence-electron chi connectivity index (χ3n) is 1.68. The fraction of sp³-hybridized carbons (Fsp3) is 0. The van der Waals surface area contributed by atoms with E-state index in [9.17, 15) is 0 Å². The van der Waals surface area contributed by atoms with Gasteiger partial charge in [-0.2, -0.15) is 5.26 Å². The fourth-order valence-electron chi connectivity index (χ4n) is 1.07. The average Bonchev–Trinajstić information content (AvgIpc) is 2.17.